The van der Waals surface area contributed by atoms with Gasteiger partial charge in [-0.15, -0.1) is 0 Å². The normalized spacial score (nSPS) is 13.4. The quantitative estimate of drug-likeness (QED) is 0.0211. The van der Waals surface area contributed by atoms with E-state index >= 15 is 0 Å². The molecule has 0 aliphatic rings. The van der Waals surface area contributed by atoms with Crippen molar-refractivity contribution >= 4 is 17.9 Å². The van der Waals surface area contributed by atoms with Crippen LogP contribution in [0.4, 0.5) is 0 Å². The van der Waals surface area contributed by atoms with E-state index in [4.69, 9.17) is 18.9 Å². The molecule has 0 aliphatic heterocycles. The molecule has 0 amide bonds. The zero-order valence-electron chi connectivity index (χ0n) is 50.3. The molecule has 0 saturated carbocycles. The van der Waals surface area contributed by atoms with Crippen LogP contribution in [0.2, 0.25) is 0 Å². The van der Waals surface area contributed by atoms with Crippen LogP contribution >= 0.6 is 0 Å². The van der Waals surface area contributed by atoms with Crippen molar-refractivity contribution < 1.29 is 42.9 Å². The Morgan fingerprint density at radius 1 is 0.390 bits per heavy atom. The summed E-state index contributed by atoms with van der Waals surface area (Å²) >= 11 is 0. The van der Waals surface area contributed by atoms with Crippen LogP contribution in [0.15, 0.2) is 97.2 Å². The Labute approximate surface area is 473 Å². The third-order valence-electron chi connectivity index (χ3n) is 13.3. The van der Waals surface area contributed by atoms with E-state index in [9.17, 15) is 19.5 Å². The molecule has 2 atom stereocenters. The number of carboxylic acid groups (broad SMARTS) is 1. The van der Waals surface area contributed by atoms with E-state index in [0.717, 1.165) is 89.9 Å². The topological polar surface area (TPSA) is 108 Å². The van der Waals surface area contributed by atoms with E-state index in [-0.39, 0.29) is 32.2 Å². The van der Waals surface area contributed by atoms with Crippen molar-refractivity contribution in [2.75, 3.05) is 47.5 Å². The maximum absolute atomic E-state index is 12.9. The molecular formula is C68H118NO8+. The van der Waals surface area contributed by atoms with Crippen LogP contribution in [0.1, 0.15) is 258 Å². The molecule has 0 rings (SSSR count). The summed E-state index contributed by atoms with van der Waals surface area (Å²) < 4.78 is 22.9. The predicted molar refractivity (Wildman–Crippen MR) is 327 cm³/mol. The molecular weight excluding hydrogens is 959 g/mol. The number of hydrogen-bond acceptors (Lipinski definition) is 7. The van der Waals surface area contributed by atoms with Crippen molar-refractivity contribution in [3.05, 3.63) is 97.2 Å². The summed E-state index contributed by atoms with van der Waals surface area (Å²) in [5.41, 5.74) is 0. The Balaban J connectivity index is 4.19. The second-order valence-corrected chi connectivity index (χ2v) is 22.0. The maximum Gasteiger partial charge on any atom is 0.361 e. The first-order valence-corrected chi connectivity index (χ1v) is 31.4. The number of esters is 2. The number of nitrogens with zero attached hydrogens (tertiary/aromatic N) is 1. The van der Waals surface area contributed by atoms with Crippen LogP contribution in [0.25, 0.3) is 0 Å². The van der Waals surface area contributed by atoms with Gasteiger partial charge in [-0.05, 0) is 89.9 Å². The molecule has 0 saturated heterocycles. The van der Waals surface area contributed by atoms with Gasteiger partial charge in [-0.1, -0.05) is 252 Å². The Kier molecular flexibility index (Phi) is 55.5. The third kappa shape index (κ3) is 59.7. The highest BCUT2D eigenvalue weighted by molar-refractivity contribution is 5.71. The van der Waals surface area contributed by atoms with Crippen LogP contribution in [-0.4, -0.2) is 87.4 Å². The minimum Gasteiger partial charge on any atom is -0.477 e. The third-order valence-corrected chi connectivity index (χ3v) is 13.3. The van der Waals surface area contributed by atoms with Crippen LogP contribution in [0, 0.1) is 0 Å². The van der Waals surface area contributed by atoms with Crippen LogP contribution in [-0.2, 0) is 33.3 Å². The molecule has 0 aromatic carbocycles. The number of allylic oxidation sites excluding steroid dienone is 16. The smallest absolute Gasteiger partial charge is 0.361 e. The molecule has 9 heteroatoms. The number of aliphatic carboxylic acids is 1. The van der Waals surface area contributed by atoms with E-state index in [1.165, 1.54) is 141 Å². The first kappa shape index (κ1) is 73.2. The van der Waals surface area contributed by atoms with Crippen molar-refractivity contribution in [2.24, 2.45) is 0 Å². The van der Waals surface area contributed by atoms with Gasteiger partial charge in [-0.2, -0.15) is 0 Å². The number of carboxylic acids is 1. The number of carbonyl (C=O) groups is 3. The number of quaternary nitrogens is 1. The van der Waals surface area contributed by atoms with Crippen molar-refractivity contribution in [1.82, 2.24) is 0 Å². The van der Waals surface area contributed by atoms with Crippen molar-refractivity contribution in [3.8, 4) is 0 Å². The lowest BCUT2D eigenvalue weighted by Crippen LogP contribution is -2.40. The first-order chi connectivity index (χ1) is 37.6. The summed E-state index contributed by atoms with van der Waals surface area (Å²) in [6.45, 7) is 4.67. The van der Waals surface area contributed by atoms with Crippen LogP contribution in [0.5, 0.6) is 0 Å². The highest BCUT2D eigenvalue weighted by Gasteiger charge is 2.25. The van der Waals surface area contributed by atoms with E-state index in [2.05, 4.69) is 111 Å². The first-order valence-electron chi connectivity index (χ1n) is 31.4. The van der Waals surface area contributed by atoms with Crippen LogP contribution in [0.3, 0.4) is 0 Å². The van der Waals surface area contributed by atoms with Crippen molar-refractivity contribution in [3.63, 3.8) is 0 Å². The number of hydrogen-bond donors (Lipinski definition) is 1. The van der Waals surface area contributed by atoms with Gasteiger partial charge >= 0.3 is 17.9 Å². The molecule has 0 spiro atoms. The van der Waals surface area contributed by atoms with Crippen LogP contribution < -0.4 is 0 Å². The fourth-order valence-corrected chi connectivity index (χ4v) is 8.59. The highest BCUT2D eigenvalue weighted by Crippen LogP contribution is 2.17. The van der Waals surface area contributed by atoms with E-state index in [0.29, 0.717) is 17.4 Å². The number of ether oxygens (including phenoxy) is 4. The van der Waals surface area contributed by atoms with Gasteiger partial charge in [-0.3, -0.25) is 9.59 Å². The molecule has 77 heavy (non-hydrogen) atoms. The average Bonchev–Trinajstić information content (AvgIpc) is 3.40. The van der Waals surface area contributed by atoms with Gasteiger partial charge in [0.2, 0.25) is 0 Å². The molecule has 0 fully saturated rings. The SMILES string of the molecule is CC/C=C\C/C=C\C/C=C\C/C=C\CCCCCCCCCCCCCCCCC(=O)OC(COC(=O)CCCCCCCCCCCCCC/C=C\C/C=C\C/C=C\C/C=C\CC)COC(OCC[N+](C)(C)C)C(=O)O. The molecule has 9 nitrogen and oxygen atoms in total. The summed E-state index contributed by atoms with van der Waals surface area (Å²) in [5.74, 6) is -2.01. The number of carbonyl (C=O) groups excluding carboxylic acids is 2. The zero-order chi connectivity index (χ0) is 56.2. The maximum atomic E-state index is 12.9. The minimum atomic E-state index is -1.52. The van der Waals surface area contributed by atoms with Gasteiger partial charge in [0.15, 0.2) is 6.10 Å². The molecule has 0 aromatic rings. The molecule has 442 valence electrons. The molecule has 0 bridgehead atoms. The van der Waals surface area contributed by atoms with Gasteiger partial charge in [0.05, 0.1) is 34.4 Å². The lowest BCUT2D eigenvalue weighted by Gasteiger charge is -2.25. The lowest BCUT2D eigenvalue weighted by atomic mass is 10.0. The van der Waals surface area contributed by atoms with Gasteiger partial charge in [-0.25, -0.2) is 4.79 Å². The summed E-state index contributed by atoms with van der Waals surface area (Å²) in [4.78, 5) is 37.5. The van der Waals surface area contributed by atoms with Gasteiger partial charge in [0.25, 0.3) is 6.29 Å². The van der Waals surface area contributed by atoms with E-state index in [1.807, 2.05) is 21.1 Å². The second-order valence-electron chi connectivity index (χ2n) is 22.0. The fraction of sp³-hybridized carbons (Fsp3) is 0.721. The van der Waals surface area contributed by atoms with Gasteiger partial charge < -0.3 is 28.5 Å². The number of unbranched alkanes of at least 4 members (excludes halogenated alkanes) is 26. The van der Waals surface area contributed by atoms with E-state index in [1.54, 1.807) is 0 Å². The second kappa shape index (κ2) is 58.4. The van der Waals surface area contributed by atoms with Crippen molar-refractivity contribution in [2.45, 2.75) is 270 Å². The molecule has 0 heterocycles. The average molecular weight is 1080 g/mol. The fourth-order valence-electron chi connectivity index (χ4n) is 8.59. The molecule has 2 unspecified atom stereocenters. The molecule has 0 aliphatic carbocycles. The predicted octanol–water partition coefficient (Wildman–Crippen LogP) is 18.9. The standard InChI is InChI=1S/C68H117NO8/c1-6-8-10-12-14-16-18-20-22-24-26-28-30-32-33-35-37-39-41-43-45-47-49-51-53-55-57-59-66(71)77-64(63-76-68(67(72)73)74-61-60-69(3,4)5)62-75-65(70)58-56-54-52-50-48-46-44-42-40-38-36-34-31-29-27-25-23-21-19-17-15-13-11-9-7-2/h8-11,14-17,20-23,26-29,64,68H,6-7,12-13,18-19,24-25,30-63H2,1-5H3/p+1/b10-8-,11-9-,16-14-,17-15-,22-20-,23-21-,28-26-,29-27-. The zero-order valence-corrected chi connectivity index (χ0v) is 50.3. The Bertz CT molecular complexity index is 1580. The number of rotatable bonds is 57. The molecule has 0 aromatic heterocycles. The van der Waals surface area contributed by atoms with E-state index < -0.39 is 24.3 Å². The summed E-state index contributed by atoms with van der Waals surface area (Å²) in [5, 5.41) is 9.73. The number of likely N-dealkylation sites (N-methyl/N-ethyl adjacent to an activating group) is 1. The minimum absolute atomic E-state index is 0.184. The largest absolute Gasteiger partial charge is 0.477 e. The van der Waals surface area contributed by atoms with Gasteiger partial charge in [0, 0.05) is 12.8 Å². The summed E-state index contributed by atoms with van der Waals surface area (Å²) in [7, 11) is 5.97. The van der Waals surface area contributed by atoms with Gasteiger partial charge in [0.1, 0.15) is 13.2 Å². The lowest BCUT2D eigenvalue weighted by molar-refractivity contribution is -0.870. The highest BCUT2D eigenvalue weighted by atomic mass is 16.7. The Morgan fingerprint density at radius 2 is 0.701 bits per heavy atom. The van der Waals surface area contributed by atoms with Crippen molar-refractivity contribution in [1.29, 1.82) is 0 Å². The Hall–Kier alpha value is -3.79. The monoisotopic (exact) mass is 1080 g/mol. The Morgan fingerprint density at radius 3 is 1.04 bits per heavy atom. The summed E-state index contributed by atoms with van der Waals surface area (Å²) in [6, 6.07) is 0. The molecule has 1 N–H and O–H groups in total. The summed E-state index contributed by atoms with van der Waals surface area (Å²) in [6.07, 6.45) is 76.3. The molecule has 0 radical (unpaired) electrons.